The van der Waals surface area contributed by atoms with Gasteiger partial charge in [0.15, 0.2) is 0 Å². The standard InChI is InChI=1S/C14H17N/c1-2-3-4-5-9-12-14(15)13-10-7-6-8-11-13/h2-12,14H,15H2,1H3/b3-2-,5-4-,12-9+. The molecule has 0 fully saturated rings. The maximum absolute atomic E-state index is 5.97. The van der Waals surface area contributed by atoms with Gasteiger partial charge >= 0.3 is 0 Å². The van der Waals surface area contributed by atoms with Crippen molar-refractivity contribution in [3.05, 3.63) is 72.4 Å². The molecule has 2 N–H and O–H groups in total. The van der Waals surface area contributed by atoms with Crippen LogP contribution in [0.2, 0.25) is 0 Å². The van der Waals surface area contributed by atoms with Gasteiger partial charge in [-0.25, -0.2) is 0 Å². The molecular formula is C14H17N. The summed E-state index contributed by atoms with van der Waals surface area (Å²) in [6, 6.07) is 10.0. The quantitative estimate of drug-likeness (QED) is 0.739. The molecule has 0 amide bonds. The minimum atomic E-state index is -0.0264. The second-order valence-corrected chi connectivity index (χ2v) is 3.23. The molecule has 0 saturated heterocycles. The van der Waals surface area contributed by atoms with Gasteiger partial charge in [0.2, 0.25) is 0 Å². The molecule has 0 spiro atoms. The predicted octanol–water partition coefficient (Wildman–Crippen LogP) is 3.37. The molecule has 0 aromatic heterocycles. The van der Waals surface area contributed by atoms with Crippen LogP contribution >= 0.6 is 0 Å². The van der Waals surface area contributed by atoms with Crippen molar-refractivity contribution in [1.29, 1.82) is 0 Å². The molecule has 1 heteroatoms. The van der Waals surface area contributed by atoms with Gasteiger partial charge in [0, 0.05) is 6.04 Å². The van der Waals surface area contributed by atoms with E-state index < -0.39 is 0 Å². The highest BCUT2D eigenvalue weighted by Crippen LogP contribution is 2.10. The lowest BCUT2D eigenvalue weighted by atomic mass is 10.1. The third-order valence-electron chi connectivity index (χ3n) is 2.03. The van der Waals surface area contributed by atoms with Crippen molar-refractivity contribution in [2.24, 2.45) is 5.73 Å². The summed E-state index contributed by atoms with van der Waals surface area (Å²) < 4.78 is 0. The second-order valence-electron chi connectivity index (χ2n) is 3.23. The van der Waals surface area contributed by atoms with Crippen molar-refractivity contribution in [1.82, 2.24) is 0 Å². The lowest BCUT2D eigenvalue weighted by Crippen LogP contribution is -2.05. The number of nitrogens with two attached hydrogens (primary N) is 1. The second kappa shape index (κ2) is 6.80. The number of hydrogen-bond acceptors (Lipinski definition) is 1. The van der Waals surface area contributed by atoms with Gasteiger partial charge in [0.1, 0.15) is 0 Å². The number of rotatable bonds is 4. The molecule has 0 heterocycles. The fourth-order valence-electron chi connectivity index (χ4n) is 1.21. The molecular weight excluding hydrogens is 182 g/mol. The first kappa shape index (κ1) is 11.5. The third kappa shape index (κ3) is 4.43. The fourth-order valence-corrected chi connectivity index (χ4v) is 1.21. The molecule has 1 atom stereocenters. The largest absolute Gasteiger partial charge is 0.321 e. The molecule has 1 nitrogen and oxygen atoms in total. The third-order valence-corrected chi connectivity index (χ3v) is 2.03. The molecule has 1 unspecified atom stereocenters. The Labute approximate surface area is 91.6 Å². The van der Waals surface area contributed by atoms with Crippen molar-refractivity contribution in [2.45, 2.75) is 13.0 Å². The van der Waals surface area contributed by atoms with Crippen molar-refractivity contribution in [2.75, 3.05) is 0 Å². The van der Waals surface area contributed by atoms with Crippen LogP contribution in [0.1, 0.15) is 18.5 Å². The first-order valence-corrected chi connectivity index (χ1v) is 5.11. The van der Waals surface area contributed by atoms with Crippen molar-refractivity contribution >= 4 is 0 Å². The van der Waals surface area contributed by atoms with E-state index in [1.807, 2.05) is 73.7 Å². The minimum Gasteiger partial charge on any atom is -0.321 e. The molecule has 0 radical (unpaired) electrons. The molecule has 1 aromatic carbocycles. The van der Waals surface area contributed by atoms with Gasteiger partial charge in [0.05, 0.1) is 0 Å². The molecule has 0 aliphatic heterocycles. The summed E-state index contributed by atoms with van der Waals surface area (Å²) in [6.45, 7) is 1.99. The average Bonchev–Trinajstić information content (AvgIpc) is 2.30. The smallest absolute Gasteiger partial charge is 0.0484 e. The highest BCUT2D eigenvalue weighted by atomic mass is 14.6. The van der Waals surface area contributed by atoms with E-state index in [0.29, 0.717) is 0 Å². The first-order chi connectivity index (χ1) is 7.34. The predicted molar refractivity (Wildman–Crippen MR) is 66.5 cm³/mol. The molecule has 15 heavy (non-hydrogen) atoms. The zero-order valence-corrected chi connectivity index (χ0v) is 9.01. The molecule has 0 aliphatic rings. The van der Waals surface area contributed by atoms with Crippen molar-refractivity contribution < 1.29 is 0 Å². The minimum absolute atomic E-state index is 0.0264. The maximum atomic E-state index is 5.97. The van der Waals surface area contributed by atoms with Crippen molar-refractivity contribution in [3.63, 3.8) is 0 Å². The monoisotopic (exact) mass is 199 g/mol. The Morgan fingerprint density at radius 3 is 2.33 bits per heavy atom. The molecule has 78 valence electrons. The van der Waals surface area contributed by atoms with Gasteiger partial charge in [-0.2, -0.15) is 0 Å². The Balaban J connectivity index is 2.52. The van der Waals surface area contributed by atoms with Crippen LogP contribution in [0.4, 0.5) is 0 Å². The maximum Gasteiger partial charge on any atom is 0.0484 e. The van der Waals surface area contributed by atoms with E-state index in [1.54, 1.807) is 0 Å². The highest BCUT2D eigenvalue weighted by Gasteiger charge is 1.97. The number of benzene rings is 1. The van der Waals surface area contributed by atoms with Crippen LogP contribution in [0.25, 0.3) is 0 Å². The van der Waals surface area contributed by atoms with Crippen LogP contribution in [0, 0.1) is 0 Å². The summed E-state index contributed by atoms with van der Waals surface area (Å²) in [5.74, 6) is 0. The van der Waals surface area contributed by atoms with Crippen LogP contribution in [0.3, 0.4) is 0 Å². The molecule has 0 saturated carbocycles. The average molecular weight is 199 g/mol. The van der Waals surface area contributed by atoms with E-state index in [9.17, 15) is 0 Å². The van der Waals surface area contributed by atoms with Crippen LogP contribution in [-0.2, 0) is 0 Å². The van der Waals surface area contributed by atoms with E-state index in [2.05, 4.69) is 0 Å². The molecule has 0 bridgehead atoms. The Morgan fingerprint density at radius 1 is 1.00 bits per heavy atom. The zero-order valence-electron chi connectivity index (χ0n) is 9.01. The fraction of sp³-hybridized carbons (Fsp3) is 0.143. The van der Waals surface area contributed by atoms with Gasteiger partial charge in [-0.15, -0.1) is 0 Å². The van der Waals surface area contributed by atoms with Crippen LogP contribution in [-0.4, -0.2) is 0 Å². The topological polar surface area (TPSA) is 26.0 Å². The van der Waals surface area contributed by atoms with E-state index >= 15 is 0 Å². The summed E-state index contributed by atoms with van der Waals surface area (Å²) in [5.41, 5.74) is 7.10. The lowest BCUT2D eigenvalue weighted by molar-refractivity contribution is 0.911. The van der Waals surface area contributed by atoms with E-state index in [1.165, 1.54) is 0 Å². The Hall–Kier alpha value is -1.60. The summed E-state index contributed by atoms with van der Waals surface area (Å²) >= 11 is 0. The van der Waals surface area contributed by atoms with Crippen LogP contribution in [0.5, 0.6) is 0 Å². The summed E-state index contributed by atoms with van der Waals surface area (Å²) in [6.07, 6.45) is 11.9. The summed E-state index contributed by atoms with van der Waals surface area (Å²) in [5, 5.41) is 0. The van der Waals surface area contributed by atoms with Gasteiger partial charge in [-0.3, -0.25) is 0 Å². The van der Waals surface area contributed by atoms with E-state index in [-0.39, 0.29) is 6.04 Å². The SMILES string of the molecule is C\C=C/C=C\C=C\C(N)c1ccccc1. The molecule has 0 aliphatic carbocycles. The Kier molecular flexibility index (Phi) is 5.20. The number of hydrogen-bond donors (Lipinski definition) is 1. The zero-order chi connectivity index (χ0) is 10.9. The van der Waals surface area contributed by atoms with Gasteiger partial charge in [-0.05, 0) is 12.5 Å². The van der Waals surface area contributed by atoms with Gasteiger partial charge < -0.3 is 5.73 Å². The summed E-state index contributed by atoms with van der Waals surface area (Å²) in [4.78, 5) is 0. The van der Waals surface area contributed by atoms with Crippen LogP contribution in [0.15, 0.2) is 66.8 Å². The number of allylic oxidation sites excluding steroid dienone is 5. The Bertz CT molecular complexity index is 347. The highest BCUT2D eigenvalue weighted by molar-refractivity contribution is 5.24. The van der Waals surface area contributed by atoms with E-state index in [0.717, 1.165) is 5.56 Å². The normalized spacial score (nSPS) is 14.3. The van der Waals surface area contributed by atoms with Gasteiger partial charge in [-0.1, -0.05) is 66.8 Å². The summed E-state index contributed by atoms with van der Waals surface area (Å²) in [7, 11) is 0. The van der Waals surface area contributed by atoms with Crippen molar-refractivity contribution in [3.8, 4) is 0 Å². The van der Waals surface area contributed by atoms with Crippen LogP contribution < -0.4 is 5.73 Å². The molecule has 1 rings (SSSR count). The lowest BCUT2D eigenvalue weighted by Gasteiger charge is -2.04. The van der Waals surface area contributed by atoms with Gasteiger partial charge in [0.25, 0.3) is 0 Å². The Morgan fingerprint density at radius 2 is 1.67 bits per heavy atom. The van der Waals surface area contributed by atoms with E-state index in [4.69, 9.17) is 5.73 Å². The first-order valence-electron chi connectivity index (χ1n) is 5.11. The molecule has 1 aromatic rings.